The van der Waals surface area contributed by atoms with Gasteiger partial charge in [0.05, 0.1) is 5.56 Å². The van der Waals surface area contributed by atoms with Crippen molar-refractivity contribution < 1.29 is 4.79 Å². The molecule has 0 aliphatic carbocycles. The van der Waals surface area contributed by atoms with Gasteiger partial charge in [0.1, 0.15) is 5.82 Å². The molecule has 1 aromatic heterocycles. The van der Waals surface area contributed by atoms with Gasteiger partial charge in [0.25, 0.3) is 5.91 Å². The van der Waals surface area contributed by atoms with E-state index >= 15 is 0 Å². The highest BCUT2D eigenvalue weighted by Gasteiger charge is 2.25. The smallest absolute Gasteiger partial charge is 0.260 e. The van der Waals surface area contributed by atoms with Crippen molar-refractivity contribution in [3.05, 3.63) is 23.4 Å². The summed E-state index contributed by atoms with van der Waals surface area (Å²) in [6.45, 7) is 1.90. The lowest BCUT2D eigenvalue weighted by Crippen LogP contribution is -2.27. The number of aromatic nitrogens is 1. The van der Waals surface area contributed by atoms with Crippen molar-refractivity contribution in [1.82, 2.24) is 4.98 Å². The molecule has 0 saturated carbocycles. The number of hydrogen-bond donors (Lipinski definition) is 1. The Bertz CT molecular complexity index is 292. The van der Waals surface area contributed by atoms with Crippen LogP contribution in [0.15, 0.2) is 12.3 Å². The third kappa shape index (κ3) is 0.492. The van der Waals surface area contributed by atoms with E-state index in [9.17, 15) is 4.79 Å². The second-order valence-corrected chi connectivity index (χ2v) is 2.31. The standard InChI is InChI=1S/C7H6N2O/c1-4-2-3-8-6-5(4)7(10)9-6/h2-3H,1H3,(H,8,9,10). The number of rotatable bonds is 0. The highest BCUT2D eigenvalue weighted by atomic mass is 16.2. The number of carbonyl (C=O) groups is 1. The van der Waals surface area contributed by atoms with Crippen LogP contribution in [0.4, 0.5) is 5.82 Å². The molecular formula is C7H6N2O. The fourth-order valence-electron chi connectivity index (χ4n) is 1.05. The van der Waals surface area contributed by atoms with Gasteiger partial charge in [-0.3, -0.25) is 4.79 Å². The minimum Gasteiger partial charge on any atom is -0.306 e. The summed E-state index contributed by atoms with van der Waals surface area (Å²) in [5.41, 5.74) is 1.73. The zero-order chi connectivity index (χ0) is 7.14. The van der Waals surface area contributed by atoms with Gasteiger partial charge in [0, 0.05) is 6.20 Å². The summed E-state index contributed by atoms with van der Waals surface area (Å²) in [5.74, 6) is 0.700. The summed E-state index contributed by atoms with van der Waals surface area (Å²) in [5, 5.41) is 2.58. The quantitative estimate of drug-likeness (QED) is 0.574. The molecule has 0 fully saturated rings. The molecule has 2 heterocycles. The maximum absolute atomic E-state index is 10.8. The number of pyridine rings is 1. The molecule has 50 valence electrons. The van der Waals surface area contributed by atoms with Gasteiger partial charge in [-0.05, 0) is 18.6 Å². The Hall–Kier alpha value is -1.38. The van der Waals surface area contributed by atoms with Gasteiger partial charge in [-0.15, -0.1) is 0 Å². The van der Waals surface area contributed by atoms with Crippen LogP contribution < -0.4 is 5.32 Å². The van der Waals surface area contributed by atoms with Gasteiger partial charge in [-0.1, -0.05) is 0 Å². The van der Waals surface area contributed by atoms with E-state index in [2.05, 4.69) is 10.3 Å². The Kier molecular flexibility index (Phi) is 0.845. The molecule has 1 aliphatic rings. The van der Waals surface area contributed by atoms with Gasteiger partial charge in [-0.2, -0.15) is 0 Å². The van der Waals surface area contributed by atoms with Crippen LogP contribution in [0.5, 0.6) is 0 Å². The molecular weight excluding hydrogens is 128 g/mol. The third-order valence-corrected chi connectivity index (χ3v) is 1.62. The zero-order valence-electron chi connectivity index (χ0n) is 5.51. The number of anilines is 1. The summed E-state index contributed by atoms with van der Waals surface area (Å²) in [7, 11) is 0. The minimum absolute atomic E-state index is 0.0133. The average Bonchev–Trinajstić information content (AvgIpc) is 1.85. The Balaban J connectivity index is 2.68. The van der Waals surface area contributed by atoms with E-state index in [0.717, 1.165) is 11.1 Å². The van der Waals surface area contributed by atoms with Crippen LogP contribution in [0.25, 0.3) is 0 Å². The largest absolute Gasteiger partial charge is 0.306 e. The van der Waals surface area contributed by atoms with Crippen LogP contribution in [-0.2, 0) is 0 Å². The molecule has 0 spiro atoms. The molecule has 0 radical (unpaired) electrons. The lowest BCUT2D eigenvalue weighted by Gasteiger charge is -2.18. The molecule has 3 heteroatoms. The molecule has 1 aliphatic heterocycles. The van der Waals surface area contributed by atoms with Crippen molar-refractivity contribution in [1.29, 1.82) is 0 Å². The number of fused-ring (bicyclic) bond motifs is 1. The first-order valence-corrected chi connectivity index (χ1v) is 3.06. The van der Waals surface area contributed by atoms with E-state index in [1.165, 1.54) is 0 Å². The van der Waals surface area contributed by atoms with Crippen LogP contribution in [0.1, 0.15) is 15.9 Å². The maximum atomic E-state index is 10.8. The van der Waals surface area contributed by atoms with Gasteiger partial charge in [0.2, 0.25) is 0 Å². The van der Waals surface area contributed by atoms with Crippen LogP contribution in [-0.4, -0.2) is 10.9 Å². The molecule has 1 N–H and O–H groups in total. The third-order valence-electron chi connectivity index (χ3n) is 1.62. The number of nitrogens with one attached hydrogen (secondary N) is 1. The van der Waals surface area contributed by atoms with Crippen molar-refractivity contribution in [3.63, 3.8) is 0 Å². The highest BCUT2D eigenvalue weighted by Crippen LogP contribution is 2.24. The normalized spacial score (nSPS) is 13.5. The number of nitrogens with zero attached hydrogens (tertiary/aromatic N) is 1. The van der Waals surface area contributed by atoms with Crippen molar-refractivity contribution in [2.24, 2.45) is 0 Å². The van der Waals surface area contributed by atoms with E-state index in [0.29, 0.717) is 5.82 Å². The van der Waals surface area contributed by atoms with Crippen LogP contribution >= 0.6 is 0 Å². The van der Waals surface area contributed by atoms with Crippen LogP contribution in [0.3, 0.4) is 0 Å². The van der Waals surface area contributed by atoms with Crippen LogP contribution in [0, 0.1) is 6.92 Å². The first-order valence-electron chi connectivity index (χ1n) is 3.06. The molecule has 0 unspecified atom stereocenters. The molecule has 1 aromatic rings. The lowest BCUT2D eigenvalue weighted by atomic mass is 10.1. The summed E-state index contributed by atoms with van der Waals surface area (Å²) in [4.78, 5) is 14.7. The monoisotopic (exact) mass is 134 g/mol. The van der Waals surface area contributed by atoms with E-state index in [1.54, 1.807) is 6.20 Å². The van der Waals surface area contributed by atoms with E-state index in [4.69, 9.17) is 0 Å². The molecule has 3 nitrogen and oxygen atoms in total. The number of carbonyl (C=O) groups excluding carboxylic acids is 1. The SMILES string of the molecule is Cc1ccnc2c1C(=O)N2. The van der Waals surface area contributed by atoms with Crippen molar-refractivity contribution in [3.8, 4) is 0 Å². The second-order valence-electron chi connectivity index (χ2n) is 2.31. The zero-order valence-corrected chi connectivity index (χ0v) is 5.51. The van der Waals surface area contributed by atoms with Gasteiger partial charge < -0.3 is 5.32 Å². The Labute approximate surface area is 58.1 Å². The topological polar surface area (TPSA) is 42.0 Å². The Morgan fingerprint density at radius 2 is 2.40 bits per heavy atom. The predicted molar refractivity (Wildman–Crippen MR) is 36.9 cm³/mol. The highest BCUT2D eigenvalue weighted by molar-refractivity contribution is 6.17. The van der Waals surface area contributed by atoms with Crippen LogP contribution in [0.2, 0.25) is 0 Å². The number of hydrogen-bond acceptors (Lipinski definition) is 2. The van der Waals surface area contributed by atoms with E-state index in [1.807, 2.05) is 13.0 Å². The van der Waals surface area contributed by atoms with Crippen molar-refractivity contribution >= 4 is 11.7 Å². The number of aryl methyl sites for hydroxylation is 1. The van der Waals surface area contributed by atoms with Gasteiger partial charge in [-0.25, -0.2) is 4.98 Å². The van der Waals surface area contributed by atoms with Gasteiger partial charge >= 0.3 is 0 Å². The van der Waals surface area contributed by atoms with E-state index in [-0.39, 0.29) is 5.91 Å². The molecule has 10 heavy (non-hydrogen) atoms. The average molecular weight is 134 g/mol. The molecule has 0 aromatic carbocycles. The number of amides is 1. The maximum Gasteiger partial charge on any atom is 0.260 e. The molecule has 1 amide bonds. The summed E-state index contributed by atoms with van der Waals surface area (Å²) in [6.07, 6.45) is 1.69. The molecule has 0 bridgehead atoms. The fraction of sp³-hybridized carbons (Fsp3) is 0.143. The summed E-state index contributed by atoms with van der Waals surface area (Å²) < 4.78 is 0. The second kappa shape index (κ2) is 1.56. The Morgan fingerprint density at radius 1 is 1.60 bits per heavy atom. The molecule has 0 saturated heterocycles. The summed E-state index contributed by atoms with van der Waals surface area (Å²) in [6, 6.07) is 1.83. The Morgan fingerprint density at radius 3 is 2.90 bits per heavy atom. The van der Waals surface area contributed by atoms with Crippen molar-refractivity contribution in [2.75, 3.05) is 5.32 Å². The first kappa shape index (κ1) is 5.41. The molecule has 2 rings (SSSR count). The minimum atomic E-state index is -0.0133. The van der Waals surface area contributed by atoms with Gasteiger partial charge in [0.15, 0.2) is 0 Å². The molecule has 0 atom stereocenters. The van der Waals surface area contributed by atoms with E-state index < -0.39 is 0 Å². The lowest BCUT2D eigenvalue weighted by molar-refractivity contribution is 0.101. The fourth-order valence-corrected chi connectivity index (χ4v) is 1.05. The predicted octanol–water partition coefficient (Wildman–Crippen LogP) is 0.956. The first-order chi connectivity index (χ1) is 4.79. The summed E-state index contributed by atoms with van der Waals surface area (Å²) >= 11 is 0. The van der Waals surface area contributed by atoms with Crippen molar-refractivity contribution in [2.45, 2.75) is 6.92 Å².